The molecule has 2 aromatic heterocycles. The van der Waals surface area contributed by atoms with E-state index in [2.05, 4.69) is 4.98 Å². The molecule has 0 saturated carbocycles. The number of carbonyl (C=O) groups is 1. The smallest absolute Gasteiger partial charge is 0.267 e. The molecule has 4 rings (SSSR count). The molecule has 0 amide bonds. The minimum atomic E-state index is -0.410. The van der Waals surface area contributed by atoms with Crippen LogP contribution in [0.25, 0.3) is 16.7 Å². The van der Waals surface area contributed by atoms with Crippen molar-refractivity contribution in [2.45, 2.75) is 30.7 Å². The molecular weight excluding hydrogens is 422 g/mol. The van der Waals surface area contributed by atoms with Crippen LogP contribution in [0.4, 0.5) is 0 Å². The summed E-state index contributed by atoms with van der Waals surface area (Å²) in [6.45, 7) is 3.90. The number of thioether (sulfide) groups is 1. The summed E-state index contributed by atoms with van der Waals surface area (Å²) in [5.41, 5.74) is 1.96. The molecule has 0 aliphatic heterocycles. The van der Waals surface area contributed by atoms with E-state index >= 15 is 0 Å². The number of benzene rings is 2. The van der Waals surface area contributed by atoms with E-state index < -0.39 is 5.25 Å². The van der Waals surface area contributed by atoms with Gasteiger partial charge in [0.1, 0.15) is 11.6 Å². The number of aryl methyl sites for hydroxylation is 1. The normalized spacial score (nSPS) is 12.0. The van der Waals surface area contributed by atoms with Gasteiger partial charge in [-0.25, -0.2) is 14.5 Å². The molecule has 4 aromatic rings. The van der Waals surface area contributed by atoms with Gasteiger partial charge in [-0.1, -0.05) is 30.8 Å². The Morgan fingerprint density at radius 1 is 1.12 bits per heavy atom. The van der Waals surface area contributed by atoms with Crippen LogP contribution < -0.4 is 10.3 Å². The van der Waals surface area contributed by atoms with Gasteiger partial charge in [0.25, 0.3) is 5.56 Å². The number of para-hydroxylation sites is 1. The van der Waals surface area contributed by atoms with Crippen LogP contribution in [0.15, 0.2) is 76.8 Å². The molecule has 0 radical (unpaired) electrons. The fourth-order valence-electron chi connectivity index (χ4n) is 3.43. The topological polar surface area (TPSA) is 74.1 Å². The van der Waals surface area contributed by atoms with Crippen molar-refractivity contribution in [1.29, 1.82) is 0 Å². The Bertz CT molecular complexity index is 1330. The van der Waals surface area contributed by atoms with E-state index in [4.69, 9.17) is 9.72 Å². The third-order valence-electron chi connectivity index (χ3n) is 5.16. The minimum Gasteiger partial charge on any atom is -0.497 e. The summed E-state index contributed by atoms with van der Waals surface area (Å²) in [5, 5.41) is 0.544. The summed E-state index contributed by atoms with van der Waals surface area (Å²) in [4.78, 5) is 35.8. The number of Topliss-reactive ketones (excluding diaryl/α,β-unsaturated/α-hetero) is 1. The first-order valence-electron chi connectivity index (χ1n) is 10.3. The average molecular weight is 446 g/mol. The maximum atomic E-state index is 13.4. The molecule has 0 fully saturated rings. The van der Waals surface area contributed by atoms with Crippen molar-refractivity contribution in [3.63, 3.8) is 0 Å². The summed E-state index contributed by atoms with van der Waals surface area (Å²) < 4.78 is 6.69. The molecular formula is C25H23N3O3S. The number of rotatable bonds is 7. The Kier molecular flexibility index (Phi) is 6.37. The first-order chi connectivity index (χ1) is 15.5. The number of fused-ring (bicyclic) bond motifs is 1. The van der Waals surface area contributed by atoms with E-state index in [9.17, 15) is 9.59 Å². The second-order valence-corrected chi connectivity index (χ2v) is 8.52. The lowest BCUT2D eigenvalue weighted by atomic mass is 10.1. The van der Waals surface area contributed by atoms with E-state index in [0.29, 0.717) is 39.6 Å². The molecule has 162 valence electrons. The van der Waals surface area contributed by atoms with Crippen molar-refractivity contribution in [1.82, 2.24) is 14.5 Å². The zero-order valence-electron chi connectivity index (χ0n) is 18.1. The van der Waals surface area contributed by atoms with Crippen molar-refractivity contribution < 1.29 is 9.53 Å². The lowest BCUT2D eigenvalue weighted by Crippen LogP contribution is -2.25. The first-order valence-corrected chi connectivity index (χ1v) is 11.2. The highest BCUT2D eigenvalue weighted by Gasteiger charge is 2.24. The van der Waals surface area contributed by atoms with Crippen molar-refractivity contribution in [2.75, 3.05) is 7.11 Å². The molecule has 2 heterocycles. The molecule has 7 heteroatoms. The molecule has 0 aliphatic carbocycles. The molecule has 32 heavy (non-hydrogen) atoms. The number of ketones is 1. The van der Waals surface area contributed by atoms with Crippen molar-refractivity contribution >= 4 is 28.4 Å². The zero-order valence-corrected chi connectivity index (χ0v) is 18.9. The number of carbonyl (C=O) groups excluding carboxylic acids is 1. The summed E-state index contributed by atoms with van der Waals surface area (Å²) >= 11 is 1.29. The number of hydrogen-bond donors (Lipinski definition) is 0. The van der Waals surface area contributed by atoms with Gasteiger partial charge in [-0.05, 0) is 67.4 Å². The second-order valence-electron chi connectivity index (χ2n) is 7.35. The molecule has 0 bridgehead atoms. The molecule has 0 spiro atoms. The molecule has 0 N–H and O–H groups in total. The van der Waals surface area contributed by atoms with Crippen LogP contribution in [-0.2, 0) is 0 Å². The van der Waals surface area contributed by atoms with Gasteiger partial charge in [0.05, 0.1) is 23.3 Å². The molecule has 0 saturated heterocycles. The quantitative estimate of drug-likeness (QED) is 0.230. The number of methoxy groups -OCH3 is 1. The summed E-state index contributed by atoms with van der Waals surface area (Å²) in [5.74, 6) is 1.16. The SMILES string of the molecule is CCC(Sc1nc2ccccc2c(=O)n1-c1cc(C)ccn1)C(=O)c1ccc(OC)cc1. The first kappa shape index (κ1) is 21.8. The van der Waals surface area contributed by atoms with Crippen LogP contribution in [0.3, 0.4) is 0 Å². The Morgan fingerprint density at radius 3 is 2.56 bits per heavy atom. The van der Waals surface area contributed by atoms with E-state index in [1.54, 1.807) is 49.7 Å². The predicted octanol–water partition coefficient (Wildman–Crippen LogP) is 4.85. The van der Waals surface area contributed by atoms with Crippen molar-refractivity contribution in [2.24, 2.45) is 0 Å². The highest BCUT2D eigenvalue weighted by Crippen LogP contribution is 2.29. The van der Waals surface area contributed by atoms with Gasteiger partial charge in [0, 0.05) is 11.8 Å². The second kappa shape index (κ2) is 9.36. The predicted molar refractivity (Wildman–Crippen MR) is 127 cm³/mol. The average Bonchev–Trinajstić information content (AvgIpc) is 2.82. The van der Waals surface area contributed by atoms with Crippen LogP contribution in [0.2, 0.25) is 0 Å². The maximum Gasteiger partial charge on any atom is 0.267 e. The van der Waals surface area contributed by atoms with Crippen LogP contribution in [-0.4, -0.2) is 32.7 Å². The Balaban J connectivity index is 1.80. The van der Waals surface area contributed by atoms with E-state index in [0.717, 1.165) is 5.56 Å². The number of aromatic nitrogens is 3. The summed E-state index contributed by atoms with van der Waals surface area (Å²) in [6.07, 6.45) is 2.25. The fourth-order valence-corrected chi connectivity index (χ4v) is 4.52. The van der Waals surface area contributed by atoms with Crippen molar-refractivity contribution in [3.8, 4) is 11.6 Å². The van der Waals surface area contributed by atoms with Gasteiger partial charge in [-0.3, -0.25) is 9.59 Å². The monoisotopic (exact) mass is 445 g/mol. The standard InChI is InChI=1S/C25H23N3O3S/c1-4-21(23(29)17-9-11-18(31-3)12-10-17)32-25-27-20-8-6-5-7-19(20)24(30)28(25)22-15-16(2)13-14-26-22/h5-15,21H,4H2,1-3H3. The van der Waals surface area contributed by atoms with Crippen LogP contribution in [0.5, 0.6) is 5.75 Å². The lowest BCUT2D eigenvalue weighted by molar-refractivity contribution is 0.0988. The highest BCUT2D eigenvalue weighted by molar-refractivity contribution is 8.00. The number of ether oxygens (including phenoxy) is 1. The van der Waals surface area contributed by atoms with Gasteiger partial charge >= 0.3 is 0 Å². The summed E-state index contributed by atoms with van der Waals surface area (Å²) in [6, 6.07) is 18.0. The molecule has 6 nitrogen and oxygen atoms in total. The van der Waals surface area contributed by atoms with Crippen LogP contribution in [0, 0.1) is 6.92 Å². The number of pyridine rings is 1. The third-order valence-corrected chi connectivity index (χ3v) is 6.48. The lowest BCUT2D eigenvalue weighted by Gasteiger charge is -2.17. The summed E-state index contributed by atoms with van der Waals surface area (Å²) in [7, 11) is 1.59. The van der Waals surface area contributed by atoms with Gasteiger partial charge in [-0.2, -0.15) is 0 Å². The molecule has 0 aliphatic rings. The maximum absolute atomic E-state index is 13.4. The van der Waals surface area contributed by atoms with E-state index in [-0.39, 0.29) is 11.3 Å². The zero-order chi connectivity index (χ0) is 22.7. The highest BCUT2D eigenvalue weighted by atomic mass is 32.2. The molecule has 2 aromatic carbocycles. The third kappa shape index (κ3) is 4.29. The fraction of sp³-hybridized carbons (Fsp3) is 0.200. The van der Waals surface area contributed by atoms with Gasteiger partial charge in [0.15, 0.2) is 10.9 Å². The van der Waals surface area contributed by atoms with E-state index in [1.165, 1.54) is 16.3 Å². The number of nitrogens with zero attached hydrogens (tertiary/aromatic N) is 3. The van der Waals surface area contributed by atoms with Gasteiger partial charge < -0.3 is 4.74 Å². The Morgan fingerprint density at radius 2 is 1.88 bits per heavy atom. The molecule has 1 unspecified atom stereocenters. The van der Waals surface area contributed by atoms with Crippen LogP contribution in [0.1, 0.15) is 29.3 Å². The van der Waals surface area contributed by atoms with Gasteiger partial charge in [0.2, 0.25) is 0 Å². The van der Waals surface area contributed by atoms with Gasteiger partial charge in [-0.15, -0.1) is 0 Å². The largest absolute Gasteiger partial charge is 0.497 e. The molecule has 1 atom stereocenters. The van der Waals surface area contributed by atoms with Crippen molar-refractivity contribution in [3.05, 3.63) is 88.3 Å². The van der Waals surface area contributed by atoms with Crippen LogP contribution >= 0.6 is 11.8 Å². The Hall–Kier alpha value is -3.45. The Labute approximate surface area is 190 Å². The van der Waals surface area contributed by atoms with E-state index in [1.807, 2.05) is 38.1 Å². The number of hydrogen-bond acceptors (Lipinski definition) is 6. The minimum absolute atomic E-state index is 0.0219.